The maximum atomic E-state index is 16.0. The fourth-order valence-electron chi connectivity index (χ4n) is 11.5. The topological polar surface area (TPSA) is 190 Å². The molecule has 1 amide bonds. The number of amides is 1. The van der Waals surface area contributed by atoms with Crippen LogP contribution in [0.1, 0.15) is 121 Å². The molecule has 12 atom stereocenters. The highest BCUT2D eigenvalue weighted by atomic mass is 28.4. The number of carbonyl (C=O) groups is 6. The van der Waals surface area contributed by atoms with Crippen molar-refractivity contribution < 1.29 is 61.7 Å². The minimum Gasteiger partial charge on any atom is -0.460 e. The summed E-state index contributed by atoms with van der Waals surface area (Å²) in [5.41, 5.74) is -6.40. The van der Waals surface area contributed by atoms with Crippen molar-refractivity contribution in [3.8, 4) is 0 Å². The molecular weight excluding hydrogens is 963 g/mol. The summed E-state index contributed by atoms with van der Waals surface area (Å²) in [5, 5.41) is 16.5. The Bertz CT molecular complexity index is 2580. The summed E-state index contributed by atoms with van der Waals surface area (Å²) >= 11 is 0. The number of Topliss-reactive ketones (excluding diaryl/α,β-unsaturated/α-hetero) is 2. The van der Waals surface area contributed by atoms with Gasteiger partial charge in [-0.1, -0.05) is 129 Å². The van der Waals surface area contributed by atoms with Gasteiger partial charge in [-0.3, -0.25) is 19.2 Å². The largest absolute Gasteiger partial charge is 0.460 e. The average Bonchev–Trinajstić information content (AvgIpc) is 3.30. The van der Waals surface area contributed by atoms with Crippen LogP contribution in [0.25, 0.3) is 0 Å². The number of carbonyl (C=O) groups excluding carboxylic acids is 6. The number of benzene rings is 3. The summed E-state index contributed by atoms with van der Waals surface area (Å²) < 4.78 is 40.2. The minimum absolute atomic E-state index is 0.0620. The second-order valence-corrected chi connectivity index (χ2v) is 34.3. The molecule has 1 heterocycles. The van der Waals surface area contributed by atoms with E-state index in [9.17, 15) is 19.5 Å². The molecule has 4 aliphatic rings. The molecule has 7 rings (SSSR count). The second kappa shape index (κ2) is 19.7. The molecule has 0 aromatic heterocycles. The molecule has 3 saturated carbocycles. The standard InChI is InChI=1S/C57H77NO13Si2/c1-34-39(67-51(64)45(71-73(14,15)53(6,7)8)43(36-25-19-16-20-26-36)58-49(62)37-27-21-17-22-28-37)32-57(65)48(68-50(63)38-29-23-18-24-30-38)46-55(11,47(61)44(60)42(34)54(57,9)10)40(70-72(12,13)52(3,4)5)31-41-56(46,33-66-41)69-35(2)59/h16-30,34,39-43,45-46,48,65H,31-33H2,1-15H3,(H,58,62)/t34?,39-,40-,41+,42?,43?,45+,46-,48-,55+,56-,57+/m0/s1. The van der Waals surface area contributed by atoms with E-state index in [1.165, 1.54) is 6.92 Å². The second-order valence-electron chi connectivity index (χ2n) is 24.8. The van der Waals surface area contributed by atoms with Crippen LogP contribution >= 0.6 is 0 Å². The number of nitrogens with one attached hydrogen (secondary N) is 1. The highest BCUT2D eigenvalue weighted by molar-refractivity contribution is 6.74. The summed E-state index contributed by atoms with van der Waals surface area (Å²) in [6.07, 6.45) is -6.75. The molecule has 14 nitrogen and oxygen atoms in total. The molecule has 73 heavy (non-hydrogen) atoms. The van der Waals surface area contributed by atoms with Crippen LogP contribution in [0.2, 0.25) is 36.3 Å². The molecule has 3 unspecified atom stereocenters. The van der Waals surface area contributed by atoms with Gasteiger partial charge in [0.05, 0.1) is 35.6 Å². The number of hydrogen-bond donors (Lipinski definition) is 2. The first kappa shape index (κ1) is 55.9. The molecule has 3 aromatic carbocycles. The number of rotatable bonds is 13. The van der Waals surface area contributed by atoms with E-state index in [-0.39, 0.29) is 23.6 Å². The smallest absolute Gasteiger partial charge is 0.338 e. The summed E-state index contributed by atoms with van der Waals surface area (Å²) in [4.78, 5) is 89.6. The lowest BCUT2D eigenvalue weighted by molar-refractivity contribution is -0.348. The van der Waals surface area contributed by atoms with Crippen molar-refractivity contribution in [3.63, 3.8) is 0 Å². The highest BCUT2D eigenvalue weighted by Gasteiger charge is 2.80. The van der Waals surface area contributed by atoms with Crippen LogP contribution in [0.4, 0.5) is 0 Å². The van der Waals surface area contributed by atoms with Crippen LogP contribution in [0.3, 0.4) is 0 Å². The molecule has 2 N–H and O–H groups in total. The maximum absolute atomic E-state index is 16.0. The molecule has 1 aliphatic heterocycles. The van der Waals surface area contributed by atoms with Gasteiger partial charge in [-0.25, -0.2) is 9.59 Å². The Labute approximate surface area is 433 Å². The van der Waals surface area contributed by atoms with E-state index in [0.29, 0.717) is 11.1 Å². The van der Waals surface area contributed by atoms with Crippen molar-refractivity contribution in [2.24, 2.45) is 28.6 Å². The lowest BCUT2D eigenvalue weighted by Gasteiger charge is -2.68. The Morgan fingerprint density at radius 1 is 0.781 bits per heavy atom. The van der Waals surface area contributed by atoms with E-state index in [0.717, 1.165) is 0 Å². The number of ether oxygens (including phenoxy) is 4. The summed E-state index contributed by atoms with van der Waals surface area (Å²) in [7, 11) is -5.71. The van der Waals surface area contributed by atoms with Crippen LogP contribution in [0.5, 0.6) is 0 Å². The highest BCUT2D eigenvalue weighted by Crippen LogP contribution is 2.65. The van der Waals surface area contributed by atoms with Gasteiger partial charge in [0, 0.05) is 42.6 Å². The number of aliphatic hydroxyl groups is 1. The van der Waals surface area contributed by atoms with E-state index in [1.807, 2.05) is 53.0 Å². The molecular formula is C57H77NO13Si2. The molecule has 4 fully saturated rings. The van der Waals surface area contributed by atoms with E-state index in [4.69, 9.17) is 27.8 Å². The van der Waals surface area contributed by atoms with Crippen molar-refractivity contribution in [1.82, 2.24) is 5.32 Å². The number of hydrogen-bond acceptors (Lipinski definition) is 13. The van der Waals surface area contributed by atoms with E-state index >= 15 is 14.4 Å². The fourth-order valence-corrected chi connectivity index (χ4v) is 14.2. The quantitative estimate of drug-likeness (QED) is 0.0714. The van der Waals surface area contributed by atoms with Gasteiger partial charge in [0.2, 0.25) is 11.6 Å². The van der Waals surface area contributed by atoms with Crippen molar-refractivity contribution in [3.05, 3.63) is 108 Å². The normalized spacial score (nSPS) is 30.9. The zero-order valence-electron chi connectivity index (χ0n) is 45.3. The van der Waals surface area contributed by atoms with Gasteiger partial charge < -0.3 is 38.2 Å². The van der Waals surface area contributed by atoms with Gasteiger partial charge >= 0.3 is 17.9 Å². The Kier molecular flexibility index (Phi) is 15.1. The molecule has 0 spiro atoms. The van der Waals surface area contributed by atoms with E-state index in [1.54, 1.807) is 113 Å². The third-order valence-electron chi connectivity index (χ3n) is 17.9. The van der Waals surface area contributed by atoms with E-state index < -0.39 is 140 Å². The van der Waals surface area contributed by atoms with Crippen LogP contribution < -0.4 is 5.32 Å². The fraction of sp³-hybridized carbons (Fsp3) is 0.579. The SMILES string of the molecule is CC(=O)O[C@@]12CO[C@@H]1C[C@H](O[Si](C)(C)C(C)(C)C)[C@@]1(C)C(=O)C(=O)C3C(C)[C@@H](OC(=O)[C@H](O[Si](C)(C)C(C)(C)C)C(NC(=O)c4ccccc4)c4ccccc4)C[C@@](O)([C@@H](OC(=O)c4ccccc4)[C@H]21)C3(C)C. The number of fused-ring (bicyclic) bond motifs is 5. The van der Waals surface area contributed by atoms with Crippen molar-refractivity contribution in [2.45, 2.75) is 173 Å². The van der Waals surface area contributed by atoms with Crippen LogP contribution in [0.15, 0.2) is 91.0 Å². The lowest BCUT2D eigenvalue weighted by Crippen LogP contribution is -2.83. The minimum atomic E-state index is -2.91. The number of esters is 3. The summed E-state index contributed by atoms with van der Waals surface area (Å²) in [6.45, 7) is 27.9. The van der Waals surface area contributed by atoms with Crippen molar-refractivity contribution >= 4 is 52.0 Å². The molecule has 1 saturated heterocycles. The molecule has 396 valence electrons. The maximum Gasteiger partial charge on any atom is 0.338 e. The van der Waals surface area contributed by atoms with Gasteiger partial charge in [-0.2, -0.15) is 0 Å². The van der Waals surface area contributed by atoms with Crippen LogP contribution in [0, 0.1) is 28.6 Å². The Morgan fingerprint density at radius 2 is 1.32 bits per heavy atom. The first-order chi connectivity index (χ1) is 33.7. The molecule has 3 aromatic rings. The Hall–Kier alpha value is -4.85. The van der Waals surface area contributed by atoms with Crippen molar-refractivity contribution in [1.29, 1.82) is 0 Å². The summed E-state index contributed by atoms with van der Waals surface area (Å²) in [6, 6.07) is 24.7. The first-order valence-electron chi connectivity index (χ1n) is 25.6. The van der Waals surface area contributed by atoms with Gasteiger partial charge in [-0.05, 0) is 73.0 Å². The third-order valence-corrected chi connectivity index (χ3v) is 26.9. The van der Waals surface area contributed by atoms with Gasteiger partial charge in [0.1, 0.15) is 23.9 Å². The monoisotopic (exact) mass is 1040 g/mol. The Morgan fingerprint density at radius 3 is 1.82 bits per heavy atom. The van der Waals surface area contributed by atoms with Gasteiger partial charge in [0.25, 0.3) is 5.91 Å². The lowest BCUT2D eigenvalue weighted by atomic mass is 9.42. The molecule has 3 aliphatic carbocycles. The zero-order chi connectivity index (χ0) is 54.1. The van der Waals surface area contributed by atoms with Gasteiger partial charge in [0.15, 0.2) is 28.3 Å². The molecule has 0 radical (unpaired) electrons. The zero-order valence-corrected chi connectivity index (χ0v) is 47.3. The Balaban J connectivity index is 1.42. The predicted molar refractivity (Wildman–Crippen MR) is 279 cm³/mol. The van der Waals surface area contributed by atoms with Crippen LogP contribution in [-0.4, -0.2) is 105 Å². The molecule has 16 heteroatoms. The van der Waals surface area contributed by atoms with E-state index in [2.05, 4.69) is 26.1 Å². The predicted octanol–water partition coefficient (Wildman–Crippen LogP) is 9.37. The van der Waals surface area contributed by atoms with Gasteiger partial charge in [-0.15, -0.1) is 0 Å². The van der Waals surface area contributed by atoms with Crippen LogP contribution in [-0.2, 0) is 47.0 Å². The third kappa shape index (κ3) is 9.85. The average molecular weight is 1040 g/mol. The van der Waals surface area contributed by atoms with Crippen molar-refractivity contribution in [2.75, 3.05) is 6.61 Å². The molecule has 2 bridgehead atoms. The first-order valence-corrected chi connectivity index (χ1v) is 31.4. The number of ketones is 2. The summed E-state index contributed by atoms with van der Waals surface area (Å²) in [5.74, 6) is -8.25.